The summed E-state index contributed by atoms with van der Waals surface area (Å²) in [5.41, 5.74) is 12.7. The second-order valence-electron chi connectivity index (χ2n) is 14.1. The van der Waals surface area contributed by atoms with Gasteiger partial charge in [-0.15, -0.1) is 0 Å². The highest BCUT2D eigenvalue weighted by Crippen LogP contribution is 2.43. The van der Waals surface area contributed by atoms with Crippen LogP contribution in [0, 0.1) is 0 Å². The highest BCUT2D eigenvalue weighted by Gasteiger charge is 2.21. The largest absolute Gasteiger partial charge is 0.456 e. The molecule has 0 aliphatic carbocycles. The van der Waals surface area contributed by atoms with Crippen molar-refractivity contribution in [1.29, 1.82) is 0 Å². The summed E-state index contributed by atoms with van der Waals surface area (Å²) in [6.07, 6.45) is 0. The van der Waals surface area contributed by atoms with E-state index in [1.807, 2.05) is 42.5 Å². The molecule has 5 heteroatoms. The number of benzene rings is 8. The molecular weight excluding hydrogens is 675 g/mol. The third-order valence-electron chi connectivity index (χ3n) is 11.0. The summed E-state index contributed by atoms with van der Waals surface area (Å²) in [7, 11) is 0. The van der Waals surface area contributed by atoms with Crippen LogP contribution < -0.4 is 0 Å². The second kappa shape index (κ2) is 11.5. The van der Waals surface area contributed by atoms with Gasteiger partial charge in [0.25, 0.3) is 0 Å². The van der Waals surface area contributed by atoms with Gasteiger partial charge in [0.15, 0.2) is 5.82 Å². The van der Waals surface area contributed by atoms with Gasteiger partial charge in [-0.25, -0.2) is 9.97 Å². The Kier molecular flexibility index (Phi) is 6.27. The Morgan fingerprint density at radius 3 is 1.98 bits per heavy atom. The van der Waals surface area contributed by atoms with Crippen molar-refractivity contribution < 1.29 is 8.83 Å². The first-order chi connectivity index (χ1) is 27.3. The average Bonchev–Trinajstić information content (AvgIpc) is 3.93. The summed E-state index contributed by atoms with van der Waals surface area (Å²) in [6.45, 7) is 0. The van der Waals surface area contributed by atoms with E-state index in [1.165, 1.54) is 21.9 Å². The number of fused-ring (bicyclic) bond motifs is 11. The molecule has 4 heterocycles. The molecule has 12 aromatic rings. The van der Waals surface area contributed by atoms with Crippen molar-refractivity contribution in [2.45, 2.75) is 0 Å². The van der Waals surface area contributed by atoms with E-state index in [2.05, 4.69) is 138 Å². The van der Waals surface area contributed by atoms with Crippen molar-refractivity contribution in [2.75, 3.05) is 0 Å². The van der Waals surface area contributed by atoms with Gasteiger partial charge in [0.2, 0.25) is 0 Å². The zero-order valence-electron chi connectivity index (χ0n) is 29.4. The first-order valence-corrected chi connectivity index (χ1v) is 18.5. The van der Waals surface area contributed by atoms with Gasteiger partial charge in [-0.2, -0.15) is 0 Å². The molecule has 0 fully saturated rings. The molecule has 55 heavy (non-hydrogen) atoms. The fourth-order valence-electron chi connectivity index (χ4n) is 8.50. The summed E-state index contributed by atoms with van der Waals surface area (Å²) in [5.74, 6) is 0.659. The Morgan fingerprint density at radius 2 is 1.13 bits per heavy atom. The third kappa shape index (κ3) is 4.47. The molecule has 4 aromatic heterocycles. The van der Waals surface area contributed by atoms with Crippen LogP contribution in [0.4, 0.5) is 0 Å². The van der Waals surface area contributed by atoms with Gasteiger partial charge in [0, 0.05) is 49.1 Å². The van der Waals surface area contributed by atoms with E-state index in [9.17, 15) is 0 Å². The maximum atomic E-state index is 6.47. The Balaban J connectivity index is 1.06. The molecule has 0 aliphatic rings. The van der Waals surface area contributed by atoms with Crippen molar-refractivity contribution in [3.05, 3.63) is 176 Å². The van der Waals surface area contributed by atoms with Gasteiger partial charge in [-0.05, 0) is 83.9 Å². The molecule has 0 spiro atoms. The van der Waals surface area contributed by atoms with E-state index in [-0.39, 0.29) is 0 Å². The lowest BCUT2D eigenvalue weighted by Crippen LogP contribution is -1.97. The van der Waals surface area contributed by atoms with Gasteiger partial charge in [-0.3, -0.25) is 0 Å². The fourth-order valence-corrected chi connectivity index (χ4v) is 8.50. The van der Waals surface area contributed by atoms with E-state index in [0.717, 1.165) is 88.3 Å². The van der Waals surface area contributed by atoms with Crippen LogP contribution in [0.15, 0.2) is 185 Å². The van der Waals surface area contributed by atoms with Crippen LogP contribution >= 0.6 is 0 Å². The van der Waals surface area contributed by atoms with Crippen molar-refractivity contribution >= 4 is 76.6 Å². The minimum absolute atomic E-state index is 0.659. The van der Waals surface area contributed by atoms with Crippen LogP contribution in [0.25, 0.3) is 116 Å². The lowest BCUT2D eigenvalue weighted by atomic mass is 10.0. The number of furan rings is 2. The van der Waals surface area contributed by atoms with E-state index in [4.69, 9.17) is 18.8 Å². The normalized spacial score (nSPS) is 12.0. The molecule has 0 atom stereocenters. The molecule has 256 valence electrons. The maximum Gasteiger partial charge on any atom is 0.160 e. The topological polar surface area (TPSA) is 57.0 Å². The summed E-state index contributed by atoms with van der Waals surface area (Å²) in [6, 6.07) is 61.3. The molecule has 0 N–H and O–H groups in total. The van der Waals surface area contributed by atoms with E-state index in [0.29, 0.717) is 5.82 Å². The first-order valence-electron chi connectivity index (χ1n) is 18.5. The molecule has 0 saturated heterocycles. The average molecular weight is 704 g/mol. The fraction of sp³-hybridized carbons (Fsp3) is 0. The Hall–Kier alpha value is -7.50. The van der Waals surface area contributed by atoms with Crippen molar-refractivity contribution in [2.24, 2.45) is 0 Å². The van der Waals surface area contributed by atoms with Gasteiger partial charge in [0.1, 0.15) is 22.3 Å². The monoisotopic (exact) mass is 703 g/mol. The highest BCUT2D eigenvalue weighted by atomic mass is 16.3. The lowest BCUT2D eigenvalue weighted by molar-refractivity contribution is 0.669. The molecule has 0 radical (unpaired) electrons. The number of para-hydroxylation sites is 4. The molecule has 0 unspecified atom stereocenters. The SMILES string of the molecule is c1ccc(-c2ccc3c(c2)c2ccc4oc5ccccc5c4c2n3-c2ccc(-c3nc(-c4cccc5c4oc4ccccc45)c4ccccc4n3)cc2)cc1. The summed E-state index contributed by atoms with van der Waals surface area (Å²) in [5, 5.41) is 7.72. The Bertz CT molecular complexity index is 3480. The quantitative estimate of drug-likeness (QED) is 0.183. The van der Waals surface area contributed by atoms with Crippen LogP contribution in [0.2, 0.25) is 0 Å². The molecule has 0 amide bonds. The van der Waals surface area contributed by atoms with Gasteiger partial charge < -0.3 is 13.4 Å². The number of rotatable bonds is 4. The Labute approximate surface area is 314 Å². The van der Waals surface area contributed by atoms with Crippen LogP contribution in [0.3, 0.4) is 0 Å². The highest BCUT2D eigenvalue weighted by molar-refractivity contribution is 6.25. The molecule has 8 aromatic carbocycles. The predicted octanol–water partition coefficient (Wildman–Crippen LogP) is 13.5. The van der Waals surface area contributed by atoms with Crippen molar-refractivity contribution in [3.63, 3.8) is 0 Å². The molecule has 5 nitrogen and oxygen atoms in total. The van der Waals surface area contributed by atoms with Gasteiger partial charge in [-0.1, -0.05) is 103 Å². The summed E-state index contributed by atoms with van der Waals surface area (Å²) in [4.78, 5) is 10.4. The van der Waals surface area contributed by atoms with Crippen molar-refractivity contribution in [3.8, 4) is 39.5 Å². The zero-order chi connectivity index (χ0) is 36.0. The van der Waals surface area contributed by atoms with Crippen LogP contribution in [0.1, 0.15) is 0 Å². The Morgan fingerprint density at radius 1 is 0.418 bits per heavy atom. The predicted molar refractivity (Wildman–Crippen MR) is 225 cm³/mol. The minimum atomic E-state index is 0.659. The van der Waals surface area contributed by atoms with E-state index < -0.39 is 0 Å². The summed E-state index contributed by atoms with van der Waals surface area (Å²) < 4.78 is 15.3. The number of hydrogen-bond acceptors (Lipinski definition) is 4. The molecular formula is C50H29N3O2. The molecule has 0 aliphatic heterocycles. The maximum absolute atomic E-state index is 6.47. The second-order valence-corrected chi connectivity index (χ2v) is 14.1. The lowest BCUT2D eigenvalue weighted by Gasteiger charge is -2.12. The van der Waals surface area contributed by atoms with Gasteiger partial charge >= 0.3 is 0 Å². The van der Waals surface area contributed by atoms with E-state index >= 15 is 0 Å². The molecule has 0 bridgehead atoms. The zero-order valence-corrected chi connectivity index (χ0v) is 29.4. The number of hydrogen-bond donors (Lipinski definition) is 0. The standard InChI is InChI=1S/C50H29N3O2/c1-2-11-30(12-3-1)32-23-27-42-40(29-32)35-26-28-45-46(38-15-6-9-20-44(38)54-45)48(35)53(42)33-24-21-31(22-25-33)50-51-41-18-7-4-14-37(41)47(52-50)39-17-10-16-36-34-13-5-8-19-43(34)55-49(36)39/h1-29H. The smallest absolute Gasteiger partial charge is 0.160 e. The van der Waals surface area contributed by atoms with Gasteiger partial charge in [0.05, 0.1) is 27.6 Å². The number of aromatic nitrogens is 3. The van der Waals surface area contributed by atoms with E-state index in [1.54, 1.807) is 0 Å². The summed E-state index contributed by atoms with van der Waals surface area (Å²) >= 11 is 0. The van der Waals surface area contributed by atoms with Crippen LogP contribution in [0.5, 0.6) is 0 Å². The molecule has 0 saturated carbocycles. The number of nitrogens with zero attached hydrogens (tertiary/aromatic N) is 3. The van der Waals surface area contributed by atoms with Crippen LogP contribution in [-0.4, -0.2) is 14.5 Å². The van der Waals surface area contributed by atoms with Crippen LogP contribution in [-0.2, 0) is 0 Å². The van der Waals surface area contributed by atoms with Crippen molar-refractivity contribution in [1.82, 2.24) is 14.5 Å². The third-order valence-corrected chi connectivity index (χ3v) is 11.0. The first kappa shape index (κ1) is 30.0. The minimum Gasteiger partial charge on any atom is -0.456 e. The molecule has 12 rings (SSSR count).